The number of hydrogen-bond acceptors (Lipinski definition) is 4. The van der Waals surface area contributed by atoms with Crippen molar-refractivity contribution < 1.29 is 17.9 Å². The summed E-state index contributed by atoms with van der Waals surface area (Å²) in [6.45, 7) is 0. The molecule has 30 heavy (non-hydrogen) atoms. The zero-order valence-corrected chi connectivity index (χ0v) is 18.4. The number of methoxy groups -OCH3 is 1. The molecule has 3 aromatic rings. The second-order valence-corrected chi connectivity index (χ2v) is 9.09. The van der Waals surface area contributed by atoms with Crippen LogP contribution in [0.1, 0.15) is 10.4 Å². The molecule has 0 radical (unpaired) electrons. The summed E-state index contributed by atoms with van der Waals surface area (Å²) in [4.78, 5) is 12.6. The van der Waals surface area contributed by atoms with Gasteiger partial charge in [-0.05, 0) is 60.7 Å². The van der Waals surface area contributed by atoms with E-state index in [1.807, 2.05) is 0 Å². The fraction of sp³-hybridized carbons (Fsp3) is 0.0952. The van der Waals surface area contributed by atoms with Gasteiger partial charge in [-0.3, -0.25) is 9.10 Å². The molecule has 3 aromatic carbocycles. The van der Waals surface area contributed by atoms with Gasteiger partial charge in [0.15, 0.2) is 0 Å². The Morgan fingerprint density at radius 2 is 1.70 bits per heavy atom. The normalized spacial score (nSPS) is 11.1. The molecule has 0 bridgehead atoms. The number of nitrogens with zero attached hydrogens (tertiary/aromatic N) is 1. The molecule has 1 N–H and O–H groups in total. The Balaban J connectivity index is 1.91. The summed E-state index contributed by atoms with van der Waals surface area (Å²) in [6.07, 6.45) is 0. The fourth-order valence-corrected chi connectivity index (χ4v) is 4.31. The van der Waals surface area contributed by atoms with Crippen LogP contribution in [0.2, 0.25) is 10.0 Å². The van der Waals surface area contributed by atoms with Crippen LogP contribution in [-0.2, 0) is 10.0 Å². The van der Waals surface area contributed by atoms with Gasteiger partial charge in [0.1, 0.15) is 5.75 Å². The Bertz CT molecular complexity index is 1180. The van der Waals surface area contributed by atoms with E-state index >= 15 is 0 Å². The molecule has 0 unspecified atom stereocenters. The van der Waals surface area contributed by atoms with Gasteiger partial charge < -0.3 is 10.1 Å². The highest BCUT2D eigenvalue weighted by molar-refractivity contribution is 7.92. The maximum absolute atomic E-state index is 13.1. The molecular formula is C21H18Cl2N2O4S. The topological polar surface area (TPSA) is 75.7 Å². The van der Waals surface area contributed by atoms with Crippen LogP contribution in [0.25, 0.3) is 0 Å². The average molecular weight is 465 g/mol. The molecule has 9 heteroatoms. The van der Waals surface area contributed by atoms with E-state index in [1.54, 1.807) is 48.5 Å². The molecule has 0 aliphatic rings. The second kappa shape index (κ2) is 8.95. The van der Waals surface area contributed by atoms with Crippen molar-refractivity contribution >= 4 is 50.5 Å². The predicted octanol–water partition coefficient (Wildman–Crippen LogP) is 5.08. The highest BCUT2D eigenvalue weighted by Crippen LogP contribution is 2.27. The van der Waals surface area contributed by atoms with Crippen LogP contribution in [-0.4, -0.2) is 28.5 Å². The van der Waals surface area contributed by atoms with E-state index in [0.29, 0.717) is 22.1 Å². The molecule has 0 heterocycles. The van der Waals surface area contributed by atoms with Gasteiger partial charge in [-0.1, -0.05) is 29.3 Å². The molecule has 0 fully saturated rings. The van der Waals surface area contributed by atoms with E-state index in [2.05, 4.69) is 5.32 Å². The fourth-order valence-electron chi connectivity index (χ4n) is 2.69. The Kier molecular flexibility index (Phi) is 6.55. The molecule has 156 valence electrons. The molecule has 0 aromatic heterocycles. The van der Waals surface area contributed by atoms with Crippen molar-refractivity contribution in [3.05, 3.63) is 82.3 Å². The van der Waals surface area contributed by atoms with E-state index in [4.69, 9.17) is 27.9 Å². The number of hydrogen-bond donors (Lipinski definition) is 1. The number of rotatable bonds is 6. The lowest BCUT2D eigenvalue weighted by Crippen LogP contribution is -2.27. The van der Waals surface area contributed by atoms with Gasteiger partial charge >= 0.3 is 0 Å². The van der Waals surface area contributed by atoms with Gasteiger partial charge in [0, 0.05) is 17.8 Å². The zero-order chi connectivity index (χ0) is 21.9. The molecule has 0 aliphatic heterocycles. The summed E-state index contributed by atoms with van der Waals surface area (Å²) in [5.41, 5.74) is 0.934. The number of ether oxygens (including phenoxy) is 1. The number of carbonyl (C=O) groups excluding carboxylic acids is 1. The first kappa shape index (κ1) is 22.0. The Hall–Kier alpha value is -2.74. The van der Waals surface area contributed by atoms with Crippen LogP contribution < -0.4 is 14.4 Å². The van der Waals surface area contributed by atoms with Crippen LogP contribution in [0.15, 0.2) is 71.6 Å². The van der Waals surface area contributed by atoms with Crippen molar-refractivity contribution in [3.8, 4) is 5.75 Å². The largest absolute Gasteiger partial charge is 0.497 e. The highest BCUT2D eigenvalue weighted by Gasteiger charge is 2.24. The van der Waals surface area contributed by atoms with Gasteiger partial charge in [0.05, 0.1) is 28.3 Å². The Morgan fingerprint density at radius 3 is 2.33 bits per heavy atom. The summed E-state index contributed by atoms with van der Waals surface area (Å²) in [5, 5.41) is 3.24. The van der Waals surface area contributed by atoms with E-state index < -0.39 is 15.9 Å². The summed E-state index contributed by atoms with van der Waals surface area (Å²) < 4.78 is 32.4. The average Bonchev–Trinajstić information content (AvgIpc) is 2.73. The third kappa shape index (κ3) is 4.70. The number of benzene rings is 3. The maximum atomic E-state index is 13.1. The lowest BCUT2D eigenvalue weighted by molar-refractivity contribution is 0.102. The van der Waals surface area contributed by atoms with Crippen LogP contribution in [0.3, 0.4) is 0 Å². The van der Waals surface area contributed by atoms with Gasteiger partial charge in [0.25, 0.3) is 15.9 Å². The van der Waals surface area contributed by atoms with Crippen molar-refractivity contribution in [2.45, 2.75) is 4.90 Å². The van der Waals surface area contributed by atoms with Gasteiger partial charge in [-0.25, -0.2) is 8.42 Å². The minimum absolute atomic E-state index is 0.0286. The summed E-state index contributed by atoms with van der Waals surface area (Å²) in [5.74, 6) is 0.0578. The molecule has 0 saturated heterocycles. The van der Waals surface area contributed by atoms with Crippen molar-refractivity contribution in [2.24, 2.45) is 0 Å². The lowest BCUT2D eigenvalue weighted by atomic mass is 10.2. The third-order valence-electron chi connectivity index (χ3n) is 4.36. The number of nitrogens with one attached hydrogen (secondary N) is 1. The minimum Gasteiger partial charge on any atom is -0.497 e. The van der Waals surface area contributed by atoms with E-state index in [-0.39, 0.29) is 15.5 Å². The number of halogens is 2. The van der Waals surface area contributed by atoms with Gasteiger partial charge in [-0.2, -0.15) is 0 Å². The molecule has 0 aliphatic carbocycles. The summed E-state index contributed by atoms with van der Waals surface area (Å²) >= 11 is 12.1. The zero-order valence-electron chi connectivity index (χ0n) is 16.1. The first-order chi connectivity index (χ1) is 14.2. The van der Waals surface area contributed by atoms with Crippen LogP contribution in [0.5, 0.6) is 5.75 Å². The Morgan fingerprint density at radius 1 is 1.00 bits per heavy atom. The SMILES string of the molecule is COc1ccc(N(C)S(=O)(=O)c2ccc(Cl)c(C(=O)Nc3cccc(Cl)c3)c2)cc1. The van der Waals surface area contributed by atoms with Crippen LogP contribution >= 0.6 is 23.2 Å². The molecule has 6 nitrogen and oxygen atoms in total. The molecular weight excluding hydrogens is 447 g/mol. The molecule has 0 atom stereocenters. The number of sulfonamides is 1. The molecule has 0 saturated carbocycles. The first-order valence-electron chi connectivity index (χ1n) is 8.72. The van der Waals surface area contributed by atoms with E-state index in [9.17, 15) is 13.2 Å². The predicted molar refractivity (Wildman–Crippen MR) is 119 cm³/mol. The summed E-state index contributed by atoms with van der Waals surface area (Å²) in [7, 11) is -0.976. The van der Waals surface area contributed by atoms with Crippen molar-refractivity contribution in [3.63, 3.8) is 0 Å². The minimum atomic E-state index is -3.93. The Labute approximate surface area is 185 Å². The van der Waals surface area contributed by atoms with Crippen LogP contribution in [0, 0.1) is 0 Å². The van der Waals surface area contributed by atoms with Crippen LogP contribution in [0.4, 0.5) is 11.4 Å². The van der Waals surface area contributed by atoms with Gasteiger partial charge in [0.2, 0.25) is 0 Å². The van der Waals surface area contributed by atoms with E-state index in [0.717, 1.165) is 4.31 Å². The highest BCUT2D eigenvalue weighted by atomic mass is 35.5. The third-order valence-corrected chi connectivity index (χ3v) is 6.71. The first-order valence-corrected chi connectivity index (χ1v) is 10.9. The number of amides is 1. The maximum Gasteiger partial charge on any atom is 0.264 e. The smallest absolute Gasteiger partial charge is 0.264 e. The van der Waals surface area contributed by atoms with Gasteiger partial charge in [-0.15, -0.1) is 0 Å². The van der Waals surface area contributed by atoms with Crippen molar-refractivity contribution in [1.29, 1.82) is 0 Å². The standard InChI is InChI=1S/C21H18Cl2N2O4S/c1-25(16-6-8-17(29-2)9-7-16)30(27,28)18-10-11-20(23)19(13-18)21(26)24-15-5-3-4-14(22)12-15/h3-13H,1-2H3,(H,24,26). The summed E-state index contributed by atoms with van der Waals surface area (Å²) in [6, 6.07) is 17.1. The number of carbonyl (C=O) groups is 1. The monoisotopic (exact) mass is 464 g/mol. The molecule has 0 spiro atoms. The molecule has 1 amide bonds. The van der Waals surface area contributed by atoms with Crippen molar-refractivity contribution in [1.82, 2.24) is 0 Å². The van der Waals surface area contributed by atoms with E-state index in [1.165, 1.54) is 32.4 Å². The lowest BCUT2D eigenvalue weighted by Gasteiger charge is -2.20. The second-order valence-electron chi connectivity index (χ2n) is 6.28. The number of anilines is 2. The van der Waals surface area contributed by atoms with Crippen molar-refractivity contribution in [2.75, 3.05) is 23.8 Å². The quantitative estimate of drug-likeness (QED) is 0.551. The molecule has 3 rings (SSSR count).